The van der Waals surface area contributed by atoms with Gasteiger partial charge >= 0.3 is 0 Å². The molecule has 0 aliphatic carbocycles. The molecule has 1 rings (SSSR count). The zero-order valence-electron chi connectivity index (χ0n) is 4.33. The third kappa shape index (κ3) is 1.37. The molecule has 0 spiro atoms. The molecule has 1 saturated heterocycles. The molecule has 2 atom stereocenters. The molecule has 5 heteroatoms. The van der Waals surface area contributed by atoms with Gasteiger partial charge in [0.25, 0.3) is 5.24 Å². The quantitative estimate of drug-likeness (QED) is 0.351. The number of hydrogen-bond donors (Lipinski definition) is 1. The molecule has 50 valence electrons. The van der Waals surface area contributed by atoms with Crippen molar-refractivity contribution in [1.29, 1.82) is 0 Å². The second-order valence-electron chi connectivity index (χ2n) is 1.55. The Bertz CT molecular complexity index is 152. The van der Waals surface area contributed by atoms with Gasteiger partial charge in [0.05, 0.1) is 0 Å². The van der Waals surface area contributed by atoms with Gasteiger partial charge in [-0.25, -0.2) is 0 Å². The number of amides is 1. The van der Waals surface area contributed by atoms with Gasteiger partial charge in [0, 0.05) is 0 Å². The summed E-state index contributed by atoms with van der Waals surface area (Å²) < 4.78 is 0. The lowest BCUT2D eigenvalue weighted by Gasteiger charge is -1.99. The van der Waals surface area contributed by atoms with Crippen molar-refractivity contribution >= 4 is 34.9 Å². The Balaban J connectivity index is 2.57. The lowest BCUT2D eigenvalue weighted by molar-refractivity contribution is -0.107. The molecule has 1 N–H and O–H groups in total. The van der Waals surface area contributed by atoms with Crippen molar-refractivity contribution in [2.75, 3.05) is 0 Å². The Labute approximate surface area is 61.1 Å². The van der Waals surface area contributed by atoms with E-state index >= 15 is 0 Å². The standard InChI is InChI=1S/C4H4ClNO2S/c5-3-2(1-7)9-4(8)6-3/h1-3H,(H,6,8)/t2-,3?/m1/s1. The van der Waals surface area contributed by atoms with Crippen molar-refractivity contribution < 1.29 is 9.59 Å². The monoisotopic (exact) mass is 165 g/mol. The highest BCUT2D eigenvalue weighted by Gasteiger charge is 2.30. The van der Waals surface area contributed by atoms with Crippen LogP contribution in [0.2, 0.25) is 0 Å². The molecule has 1 heterocycles. The summed E-state index contributed by atoms with van der Waals surface area (Å²) in [5, 5.41) is 1.73. The number of carbonyl (C=O) groups is 2. The van der Waals surface area contributed by atoms with Crippen LogP contribution in [0, 0.1) is 0 Å². The molecule has 9 heavy (non-hydrogen) atoms. The predicted octanol–water partition coefficient (Wildman–Crippen LogP) is 0.575. The second-order valence-corrected chi connectivity index (χ2v) is 3.17. The normalized spacial score (nSPS) is 34.1. The van der Waals surface area contributed by atoms with Gasteiger partial charge in [-0.3, -0.25) is 4.79 Å². The summed E-state index contributed by atoms with van der Waals surface area (Å²) in [5.74, 6) is 0. The van der Waals surface area contributed by atoms with Crippen LogP contribution in [0.1, 0.15) is 0 Å². The first-order chi connectivity index (χ1) is 4.24. The fourth-order valence-corrected chi connectivity index (χ4v) is 1.57. The fraction of sp³-hybridized carbons (Fsp3) is 0.500. The maximum atomic E-state index is 10.4. The zero-order valence-corrected chi connectivity index (χ0v) is 5.91. The fourth-order valence-electron chi connectivity index (χ4n) is 0.509. The summed E-state index contributed by atoms with van der Waals surface area (Å²) in [4.78, 5) is 20.5. The smallest absolute Gasteiger partial charge is 0.281 e. The molecule has 1 unspecified atom stereocenters. The molecule has 1 fully saturated rings. The Morgan fingerprint density at radius 3 is 2.67 bits per heavy atom. The van der Waals surface area contributed by atoms with Crippen LogP contribution in [0.4, 0.5) is 4.79 Å². The minimum Gasteiger partial charge on any atom is -0.329 e. The van der Waals surface area contributed by atoms with Crippen molar-refractivity contribution in [1.82, 2.24) is 5.32 Å². The summed E-state index contributed by atoms with van der Waals surface area (Å²) in [7, 11) is 0. The van der Waals surface area contributed by atoms with E-state index in [9.17, 15) is 9.59 Å². The molecular weight excluding hydrogens is 162 g/mol. The molecule has 3 nitrogen and oxygen atoms in total. The molecule has 1 amide bonds. The Morgan fingerprint density at radius 1 is 1.78 bits per heavy atom. The summed E-state index contributed by atoms with van der Waals surface area (Å²) in [6.07, 6.45) is 0.667. The average Bonchev–Trinajstić information content (AvgIpc) is 2.10. The van der Waals surface area contributed by atoms with Crippen molar-refractivity contribution in [3.8, 4) is 0 Å². The largest absolute Gasteiger partial charge is 0.329 e. The van der Waals surface area contributed by atoms with Gasteiger partial charge in [0.1, 0.15) is 17.0 Å². The van der Waals surface area contributed by atoms with Gasteiger partial charge in [-0.05, 0) is 0 Å². The van der Waals surface area contributed by atoms with Crippen molar-refractivity contribution in [2.45, 2.75) is 10.8 Å². The van der Waals surface area contributed by atoms with E-state index in [2.05, 4.69) is 5.32 Å². The highest BCUT2D eigenvalue weighted by molar-refractivity contribution is 8.15. The molecule has 0 saturated carbocycles. The number of hydrogen-bond acceptors (Lipinski definition) is 3. The second kappa shape index (κ2) is 2.58. The van der Waals surface area contributed by atoms with E-state index in [1.807, 2.05) is 0 Å². The molecular formula is C4H4ClNO2S. The summed E-state index contributed by atoms with van der Waals surface area (Å²) >= 11 is 6.41. The van der Waals surface area contributed by atoms with E-state index < -0.39 is 10.8 Å². The zero-order chi connectivity index (χ0) is 6.85. The van der Waals surface area contributed by atoms with E-state index in [4.69, 9.17) is 11.6 Å². The predicted molar refractivity (Wildman–Crippen MR) is 35.6 cm³/mol. The van der Waals surface area contributed by atoms with Crippen LogP contribution >= 0.6 is 23.4 Å². The van der Waals surface area contributed by atoms with Crippen molar-refractivity contribution in [3.63, 3.8) is 0 Å². The highest BCUT2D eigenvalue weighted by Crippen LogP contribution is 2.23. The van der Waals surface area contributed by atoms with E-state index in [1.54, 1.807) is 0 Å². The van der Waals surface area contributed by atoms with Crippen LogP contribution in [0.5, 0.6) is 0 Å². The lowest BCUT2D eigenvalue weighted by Crippen LogP contribution is -2.25. The first-order valence-electron chi connectivity index (χ1n) is 2.30. The third-order valence-corrected chi connectivity index (χ3v) is 2.44. The van der Waals surface area contributed by atoms with Gasteiger partial charge < -0.3 is 10.1 Å². The Hall–Kier alpha value is -0.220. The molecule has 1 aliphatic heterocycles. The lowest BCUT2D eigenvalue weighted by atomic mass is 10.4. The number of rotatable bonds is 1. The summed E-state index contributed by atoms with van der Waals surface area (Å²) in [6, 6.07) is 0. The van der Waals surface area contributed by atoms with E-state index in [-0.39, 0.29) is 5.24 Å². The summed E-state index contributed by atoms with van der Waals surface area (Å²) in [6.45, 7) is 0. The number of halogens is 1. The van der Waals surface area contributed by atoms with Crippen LogP contribution in [0.3, 0.4) is 0 Å². The van der Waals surface area contributed by atoms with Gasteiger partial charge in [0.2, 0.25) is 0 Å². The van der Waals surface area contributed by atoms with Crippen LogP contribution in [-0.4, -0.2) is 22.3 Å². The average molecular weight is 166 g/mol. The maximum absolute atomic E-state index is 10.4. The molecule has 1 aliphatic rings. The van der Waals surface area contributed by atoms with Gasteiger partial charge in [-0.1, -0.05) is 23.4 Å². The third-order valence-electron chi connectivity index (χ3n) is 0.921. The van der Waals surface area contributed by atoms with E-state index in [0.29, 0.717) is 6.29 Å². The maximum Gasteiger partial charge on any atom is 0.281 e. The number of alkyl halides is 1. The Kier molecular flexibility index (Phi) is 1.97. The SMILES string of the molecule is O=C[C@H]1SC(=O)NC1Cl. The van der Waals surface area contributed by atoms with Gasteiger partial charge in [-0.2, -0.15) is 0 Å². The van der Waals surface area contributed by atoms with Crippen LogP contribution in [0.15, 0.2) is 0 Å². The first kappa shape index (κ1) is 6.89. The van der Waals surface area contributed by atoms with Crippen molar-refractivity contribution in [3.05, 3.63) is 0 Å². The minimum atomic E-state index is -0.528. The molecule has 0 aromatic carbocycles. The minimum absolute atomic E-state index is 0.230. The van der Waals surface area contributed by atoms with Crippen LogP contribution in [0.25, 0.3) is 0 Å². The number of nitrogens with one attached hydrogen (secondary N) is 1. The number of carbonyl (C=O) groups excluding carboxylic acids is 2. The van der Waals surface area contributed by atoms with Gasteiger partial charge in [-0.15, -0.1) is 0 Å². The number of thioether (sulfide) groups is 1. The highest BCUT2D eigenvalue weighted by atomic mass is 35.5. The first-order valence-corrected chi connectivity index (χ1v) is 3.62. The summed E-state index contributed by atoms with van der Waals surface area (Å²) in [5.41, 5.74) is -0.528. The number of aldehydes is 1. The van der Waals surface area contributed by atoms with Crippen LogP contribution in [-0.2, 0) is 4.79 Å². The Morgan fingerprint density at radius 2 is 2.44 bits per heavy atom. The van der Waals surface area contributed by atoms with E-state index in [0.717, 1.165) is 11.8 Å². The van der Waals surface area contributed by atoms with Crippen molar-refractivity contribution in [2.24, 2.45) is 0 Å². The molecule has 0 bridgehead atoms. The van der Waals surface area contributed by atoms with E-state index in [1.165, 1.54) is 0 Å². The molecule has 0 aromatic rings. The molecule has 0 radical (unpaired) electrons. The topological polar surface area (TPSA) is 46.2 Å². The van der Waals surface area contributed by atoms with Gasteiger partial charge in [0.15, 0.2) is 0 Å². The molecule has 0 aromatic heterocycles. The van der Waals surface area contributed by atoms with Crippen LogP contribution < -0.4 is 5.32 Å².